The average Bonchev–Trinajstić information content (AvgIpc) is 2.14. The third-order valence-electron chi connectivity index (χ3n) is 2.36. The smallest absolute Gasteiger partial charge is 0.305 e. The molecule has 1 rings (SSSR count). The zero-order valence-corrected chi connectivity index (χ0v) is 10.2. The summed E-state index contributed by atoms with van der Waals surface area (Å²) in [5.74, 6) is -0.867. The van der Waals surface area contributed by atoms with Gasteiger partial charge in [-0.1, -0.05) is 6.07 Å². The Morgan fingerprint density at radius 2 is 2.18 bits per heavy atom. The van der Waals surface area contributed by atoms with Gasteiger partial charge >= 0.3 is 5.97 Å². The molecule has 0 atom stereocenters. The maximum Gasteiger partial charge on any atom is 0.305 e. The predicted molar refractivity (Wildman–Crippen MR) is 65.8 cm³/mol. The minimum Gasteiger partial charge on any atom is -0.481 e. The van der Waals surface area contributed by atoms with Crippen LogP contribution < -0.4 is 5.32 Å². The maximum absolute atomic E-state index is 10.7. The lowest BCUT2D eigenvalue weighted by atomic mass is 9.99. The fourth-order valence-corrected chi connectivity index (χ4v) is 1.65. The second-order valence-corrected chi connectivity index (χ2v) is 4.74. The Hall–Kier alpha value is -2.02. The Kier molecular flexibility index (Phi) is 3.74. The van der Waals surface area contributed by atoms with E-state index in [0.29, 0.717) is 11.3 Å². The van der Waals surface area contributed by atoms with E-state index in [-0.39, 0.29) is 6.42 Å². The molecule has 0 heterocycles. The summed E-state index contributed by atoms with van der Waals surface area (Å²) in [4.78, 5) is 10.7. The number of benzene rings is 1. The third-order valence-corrected chi connectivity index (χ3v) is 2.36. The molecule has 17 heavy (non-hydrogen) atoms. The number of nitrogens with zero attached hydrogens (tertiary/aromatic N) is 1. The highest BCUT2D eigenvalue weighted by molar-refractivity contribution is 5.70. The van der Waals surface area contributed by atoms with Crippen molar-refractivity contribution in [3.63, 3.8) is 0 Å². The number of aryl methyl sites for hydroxylation is 1. The number of carboxylic acid groups (broad SMARTS) is 1. The van der Waals surface area contributed by atoms with Crippen LogP contribution in [0.2, 0.25) is 0 Å². The molecule has 0 aliphatic carbocycles. The largest absolute Gasteiger partial charge is 0.481 e. The van der Waals surface area contributed by atoms with Gasteiger partial charge in [-0.2, -0.15) is 5.26 Å². The SMILES string of the molecule is Cc1ccc(C#N)c(NC(C)(C)CC(=O)O)c1. The van der Waals surface area contributed by atoms with Crippen molar-refractivity contribution in [2.75, 3.05) is 5.32 Å². The zero-order chi connectivity index (χ0) is 13.1. The first-order chi connectivity index (χ1) is 7.84. The van der Waals surface area contributed by atoms with Crippen LogP contribution in [0.3, 0.4) is 0 Å². The Morgan fingerprint density at radius 3 is 2.71 bits per heavy atom. The first-order valence-electron chi connectivity index (χ1n) is 5.35. The van der Waals surface area contributed by atoms with Crippen LogP contribution in [-0.4, -0.2) is 16.6 Å². The molecule has 0 saturated heterocycles. The second kappa shape index (κ2) is 4.88. The Balaban J connectivity index is 2.98. The summed E-state index contributed by atoms with van der Waals surface area (Å²) in [7, 11) is 0. The summed E-state index contributed by atoms with van der Waals surface area (Å²) in [5, 5.41) is 20.9. The number of carboxylic acids is 1. The Morgan fingerprint density at radius 1 is 1.53 bits per heavy atom. The van der Waals surface area contributed by atoms with Gasteiger partial charge in [0.2, 0.25) is 0 Å². The van der Waals surface area contributed by atoms with Gasteiger partial charge in [0.15, 0.2) is 0 Å². The van der Waals surface area contributed by atoms with E-state index < -0.39 is 11.5 Å². The quantitative estimate of drug-likeness (QED) is 0.836. The van der Waals surface area contributed by atoms with E-state index in [0.717, 1.165) is 5.56 Å². The molecule has 1 aromatic rings. The number of carbonyl (C=O) groups is 1. The van der Waals surface area contributed by atoms with Gasteiger partial charge in [0.25, 0.3) is 0 Å². The monoisotopic (exact) mass is 232 g/mol. The highest BCUT2D eigenvalue weighted by Gasteiger charge is 2.22. The number of nitrogens with one attached hydrogen (secondary N) is 1. The molecule has 0 bridgehead atoms. The van der Waals surface area contributed by atoms with Gasteiger partial charge in [-0.05, 0) is 38.5 Å². The number of hydrogen-bond donors (Lipinski definition) is 2. The van der Waals surface area contributed by atoms with E-state index in [1.165, 1.54) is 0 Å². The molecule has 0 spiro atoms. The predicted octanol–water partition coefficient (Wildman–Crippen LogP) is 2.53. The summed E-state index contributed by atoms with van der Waals surface area (Å²) < 4.78 is 0. The molecule has 4 nitrogen and oxygen atoms in total. The van der Waals surface area contributed by atoms with Crippen molar-refractivity contribution < 1.29 is 9.90 Å². The van der Waals surface area contributed by atoms with Crippen LogP contribution in [0.5, 0.6) is 0 Å². The van der Waals surface area contributed by atoms with Crippen molar-refractivity contribution >= 4 is 11.7 Å². The van der Waals surface area contributed by atoms with E-state index in [4.69, 9.17) is 10.4 Å². The lowest BCUT2D eigenvalue weighted by Crippen LogP contribution is -2.33. The number of aliphatic carboxylic acids is 1. The highest BCUT2D eigenvalue weighted by atomic mass is 16.4. The van der Waals surface area contributed by atoms with Crippen LogP contribution in [0, 0.1) is 18.3 Å². The van der Waals surface area contributed by atoms with Crippen LogP contribution in [0.25, 0.3) is 0 Å². The van der Waals surface area contributed by atoms with Crippen molar-refractivity contribution in [2.24, 2.45) is 0 Å². The minimum atomic E-state index is -0.867. The second-order valence-electron chi connectivity index (χ2n) is 4.74. The number of rotatable bonds is 4. The van der Waals surface area contributed by atoms with Crippen molar-refractivity contribution in [3.05, 3.63) is 29.3 Å². The normalized spacial score (nSPS) is 10.7. The molecule has 0 unspecified atom stereocenters. The number of anilines is 1. The molecule has 0 fully saturated rings. The first kappa shape index (κ1) is 13.0. The standard InChI is InChI=1S/C13H16N2O2/c1-9-4-5-10(8-14)11(6-9)15-13(2,3)7-12(16)17/h4-6,15H,7H2,1-3H3,(H,16,17). The van der Waals surface area contributed by atoms with Gasteiger partial charge in [-0.3, -0.25) is 4.79 Å². The molecular weight excluding hydrogens is 216 g/mol. The van der Waals surface area contributed by atoms with Crippen LogP contribution in [0.15, 0.2) is 18.2 Å². The molecule has 1 aromatic carbocycles. The van der Waals surface area contributed by atoms with Crippen molar-refractivity contribution in [1.29, 1.82) is 5.26 Å². The molecule has 0 radical (unpaired) electrons. The minimum absolute atomic E-state index is 0.00812. The van der Waals surface area contributed by atoms with Gasteiger partial charge < -0.3 is 10.4 Å². The van der Waals surface area contributed by atoms with E-state index >= 15 is 0 Å². The van der Waals surface area contributed by atoms with Gasteiger partial charge in [-0.15, -0.1) is 0 Å². The van der Waals surface area contributed by atoms with Gasteiger partial charge in [0.05, 0.1) is 17.7 Å². The summed E-state index contributed by atoms with van der Waals surface area (Å²) in [6.45, 7) is 5.52. The Labute approximate surface area is 101 Å². The lowest BCUT2D eigenvalue weighted by molar-refractivity contribution is -0.137. The molecule has 0 aliphatic heterocycles. The summed E-state index contributed by atoms with van der Waals surface area (Å²) in [6.07, 6.45) is -0.00812. The van der Waals surface area contributed by atoms with Gasteiger partial charge in [0, 0.05) is 5.54 Å². The molecule has 0 aliphatic rings. The van der Waals surface area contributed by atoms with E-state index in [9.17, 15) is 4.79 Å². The summed E-state index contributed by atoms with van der Waals surface area (Å²) >= 11 is 0. The van der Waals surface area contributed by atoms with Crippen LogP contribution in [-0.2, 0) is 4.79 Å². The van der Waals surface area contributed by atoms with Crippen LogP contribution in [0.1, 0.15) is 31.4 Å². The Bertz CT molecular complexity index is 473. The van der Waals surface area contributed by atoms with Crippen molar-refractivity contribution in [2.45, 2.75) is 32.7 Å². The first-order valence-corrected chi connectivity index (χ1v) is 5.35. The van der Waals surface area contributed by atoms with Crippen LogP contribution >= 0.6 is 0 Å². The zero-order valence-electron chi connectivity index (χ0n) is 10.2. The van der Waals surface area contributed by atoms with E-state index in [2.05, 4.69) is 11.4 Å². The number of nitriles is 1. The topological polar surface area (TPSA) is 73.1 Å². The molecule has 0 amide bonds. The van der Waals surface area contributed by atoms with E-state index in [1.807, 2.05) is 19.1 Å². The molecular formula is C13H16N2O2. The average molecular weight is 232 g/mol. The highest BCUT2D eigenvalue weighted by Crippen LogP contribution is 2.22. The van der Waals surface area contributed by atoms with Gasteiger partial charge in [-0.25, -0.2) is 0 Å². The third kappa shape index (κ3) is 3.80. The summed E-state index contributed by atoms with van der Waals surface area (Å²) in [5.41, 5.74) is 1.64. The van der Waals surface area contributed by atoms with E-state index in [1.54, 1.807) is 19.9 Å². The molecule has 0 saturated carbocycles. The summed E-state index contributed by atoms with van der Waals surface area (Å²) in [6, 6.07) is 7.52. The molecule has 4 heteroatoms. The van der Waals surface area contributed by atoms with Gasteiger partial charge in [0.1, 0.15) is 6.07 Å². The van der Waals surface area contributed by atoms with Crippen molar-refractivity contribution in [1.82, 2.24) is 0 Å². The fraction of sp³-hybridized carbons (Fsp3) is 0.385. The van der Waals surface area contributed by atoms with Crippen molar-refractivity contribution in [3.8, 4) is 6.07 Å². The molecule has 90 valence electrons. The van der Waals surface area contributed by atoms with Crippen LogP contribution in [0.4, 0.5) is 5.69 Å². The lowest BCUT2D eigenvalue weighted by Gasteiger charge is -2.26. The maximum atomic E-state index is 10.7. The number of hydrogen-bond acceptors (Lipinski definition) is 3. The molecule has 2 N–H and O–H groups in total. The fourth-order valence-electron chi connectivity index (χ4n) is 1.65. The molecule has 0 aromatic heterocycles.